The third kappa shape index (κ3) is 2.51. The molecule has 0 spiro atoms. The van der Waals surface area contributed by atoms with Crippen molar-refractivity contribution >= 4 is 23.1 Å². The lowest BCUT2D eigenvalue weighted by atomic mass is 9.99. The minimum atomic E-state index is 0.354. The second kappa shape index (κ2) is 5.97. The highest BCUT2D eigenvalue weighted by Crippen LogP contribution is 2.38. The van der Waals surface area contributed by atoms with Gasteiger partial charge in [-0.2, -0.15) is 3.89 Å². The lowest BCUT2D eigenvalue weighted by Gasteiger charge is -2.09. The van der Waals surface area contributed by atoms with E-state index in [1.807, 2.05) is 6.07 Å². The fourth-order valence-corrected chi connectivity index (χ4v) is 3.27. The van der Waals surface area contributed by atoms with Crippen LogP contribution in [-0.2, 0) is 12.8 Å². The molecule has 0 radical (unpaired) electrons. The van der Waals surface area contributed by atoms with Crippen molar-refractivity contribution in [2.75, 3.05) is 6.54 Å². The monoisotopic (exact) mass is 280 g/mol. The summed E-state index contributed by atoms with van der Waals surface area (Å²) in [6.07, 6.45) is 1.63. The first-order chi connectivity index (χ1) is 9.13. The molecule has 0 fully saturated rings. The van der Waals surface area contributed by atoms with Gasteiger partial charge in [0.1, 0.15) is 0 Å². The van der Waals surface area contributed by atoms with Gasteiger partial charge in [0.2, 0.25) is 0 Å². The van der Waals surface area contributed by atoms with Crippen LogP contribution in [0.2, 0.25) is 0 Å². The van der Waals surface area contributed by atoms with Crippen molar-refractivity contribution < 1.29 is 3.89 Å². The third-order valence-corrected chi connectivity index (χ3v) is 4.19. The predicted molar refractivity (Wildman–Crippen MR) is 81.5 cm³/mol. The van der Waals surface area contributed by atoms with Crippen LogP contribution in [-0.4, -0.2) is 11.5 Å². The summed E-state index contributed by atoms with van der Waals surface area (Å²) in [6.45, 7) is 6.93. The highest BCUT2D eigenvalue weighted by atomic mass is 32.2. The van der Waals surface area contributed by atoms with E-state index in [4.69, 9.17) is 5.73 Å². The first kappa shape index (κ1) is 14.4. The number of benzene rings is 1. The molecule has 4 heteroatoms. The molecule has 0 unspecified atom stereocenters. The zero-order chi connectivity index (χ0) is 14.0. The maximum Gasteiger partial charge on any atom is 0.0822 e. The summed E-state index contributed by atoms with van der Waals surface area (Å²) < 4.78 is 13.4. The number of fused-ring (bicyclic) bond motifs is 1. The summed E-state index contributed by atoms with van der Waals surface area (Å²) >= 11 is 0.354. The third-order valence-electron chi connectivity index (χ3n) is 3.57. The van der Waals surface area contributed by atoms with E-state index >= 15 is 0 Å². The molecule has 104 valence electrons. The highest BCUT2D eigenvalue weighted by molar-refractivity contribution is 7.94. The molecule has 1 heterocycles. The number of aryl methyl sites for hydroxylation is 1. The molecule has 0 aliphatic rings. The molecule has 1 aromatic heterocycles. The van der Waals surface area contributed by atoms with Crippen molar-refractivity contribution in [1.29, 1.82) is 0 Å². The minimum absolute atomic E-state index is 0.354. The van der Waals surface area contributed by atoms with Gasteiger partial charge in [-0.25, -0.2) is 0 Å². The molecule has 19 heavy (non-hydrogen) atoms. The van der Waals surface area contributed by atoms with Crippen LogP contribution < -0.4 is 5.73 Å². The smallest absolute Gasteiger partial charge is 0.0822 e. The molecular weight excluding hydrogens is 259 g/mol. The number of halogens is 1. The standard InChI is InChI=1S/C15H21FN2S/c1-4-10-5-6-12-13(15(10)19-16)11(7-8-17)14(18-12)9(2)3/h5-6,9,18H,4,7-8,17H2,1-3H3. The number of aromatic nitrogens is 1. The maximum absolute atomic E-state index is 13.4. The molecule has 2 aromatic rings. The Balaban J connectivity index is 2.78. The lowest BCUT2D eigenvalue weighted by Crippen LogP contribution is -2.05. The SMILES string of the molecule is CCc1ccc2[nH]c(C(C)C)c(CCN)c2c1SF. The summed E-state index contributed by atoms with van der Waals surface area (Å²) in [7, 11) is 0. The fourth-order valence-electron chi connectivity index (χ4n) is 2.65. The summed E-state index contributed by atoms with van der Waals surface area (Å²) in [5.41, 5.74) is 10.2. The first-order valence-electron chi connectivity index (χ1n) is 6.78. The molecule has 0 amide bonds. The van der Waals surface area contributed by atoms with Crippen molar-refractivity contribution in [3.05, 3.63) is 29.0 Å². The molecular formula is C15H21FN2S. The van der Waals surface area contributed by atoms with Crippen molar-refractivity contribution in [2.45, 2.75) is 44.4 Å². The van der Waals surface area contributed by atoms with Gasteiger partial charge in [-0.3, -0.25) is 0 Å². The van der Waals surface area contributed by atoms with E-state index in [0.29, 0.717) is 24.6 Å². The van der Waals surface area contributed by atoms with E-state index in [1.165, 1.54) is 11.3 Å². The van der Waals surface area contributed by atoms with E-state index in [2.05, 4.69) is 31.8 Å². The van der Waals surface area contributed by atoms with Gasteiger partial charge in [0.15, 0.2) is 0 Å². The van der Waals surface area contributed by atoms with E-state index in [1.54, 1.807) is 0 Å². The van der Waals surface area contributed by atoms with E-state index in [9.17, 15) is 3.89 Å². The Hall–Kier alpha value is -1.000. The van der Waals surface area contributed by atoms with Crippen LogP contribution in [0.4, 0.5) is 3.89 Å². The predicted octanol–water partition coefficient (Wildman–Crippen LogP) is 4.33. The van der Waals surface area contributed by atoms with Crippen LogP contribution >= 0.6 is 12.1 Å². The van der Waals surface area contributed by atoms with Crippen molar-refractivity contribution in [2.24, 2.45) is 5.73 Å². The normalized spacial score (nSPS) is 11.7. The van der Waals surface area contributed by atoms with E-state index in [-0.39, 0.29) is 0 Å². The Morgan fingerprint density at radius 2 is 2.11 bits per heavy atom. The topological polar surface area (TPSA) is 41.8 Å². The highest BCUT2D eigenvalue weighted by Gasteiger charge is 2.18. The number of aromatic amines is 1. The zero-order valence-corrected chi connectivity index (χ0v) is 12.5. The Bertz CT molecular complexity index is 575. The summed E-state index contributed by atoms with van der Waals surface area (Å²) in [5, 5.41) is 1.03. The quantitative estimate of drug-likeness (QED) is 0.856. The van der Waals surface area contributed by atoms with Crippen LogP contribution in [0.5, 0.6) is 0 Å². The van der Waals surface area contributed by atoms with Gasteiger partial charge < -0.3 is 10.7 Å². The van der Waals surface area contributed by atoms with Crippen molar-refractivity contribution in [1.82, 2.24) is 4.98 Å². The molecule has 0 aliphatic heterocycles. The van der Waals surface area contributed by atoms with Gasteiger partial charge in [0.25, 0.3) is 0 Å². The molecule has 2 nitrogen and oxygen atoms in total. The van der Waals surface area contributed by atoms with Gasteiger partial charge >= 0.3 is 0 Å². The molecule has 1 aromatic carbocycles. The van der Waals surface area contributed by atoms with Gasteiger partial charge in [-0.15, -0.1) is 0 Å². The fraction of sp³-hybridized carbons (Fsp3) is 0.467. The molecule has 0 aliphatic carbocycles. The second-order valence-electron chi connectivity index (χ2n) is 5.12. The average molecular weight is 280 g/mol. The maximum atomic E-state index is 13.4. The second-order valence-corrected chi connectivity index (χ2v) is 5.68. The zero-order valence-electron chi connectivity index (χ0n) is 11.7. The number of H-pyrrole nitrogens is 1. The number of nitrogens with one attached hydrogen (secondary N) is 1. The van der Waals surface area contributed by atoms with Crippen LogP contribution in [0.1, 0.15) is 43.5 Å². The summed E-state index contributed by atoms with van der Waals surface area (Å²) in [5.74, 6) is 0.386. The first-order valence-corrected chi connectivity index (χ1v) is 7.50. The van der Waals surface area contributed by atoms with Gasteiger partial charge in [-0.05, 0) is 42.5 Å². The van der Waals surface area contributed by atoms with Gasteiger partial charge in [0, 0.05) is 16.6 Å². The number of hydrogen-bond acceptors (Lipinski definition) is 2. The molecule has 0 saturated carbocycles. The molecule has 0 bridgehead atoms. The Kier molecular flexibility index (Phi) is 4.53. The molecule has 0 saturated heterocycles. The Morgan fingerprint density at radius 3 is 2.63 bits per heavy atom. The Labute approximate surface area is 118 Å². The molecule has 2 rings (SSSR count). The minimum Gasteiger partial charge on any atom is -0.358 e. The van der Waals surface area contributed by atoms with Crippen LogP contribution in [0.25, 0.3) is 10.9 Å². The van der Waals surface area contributed by atoms with Crippen LogP contribution in [0.15, 0.2) is 17.0 Å². The van der Waals surface area contributed by atoms with Crippen LogP contribution in [0.3, 0.4) is 0 Å². The molecule has 0 atom stereocenters. The van der Waals surface area contributed by atoms with Crippen LogP contribution in [0, 0.1) is 0 Å². The van der Waals surface area contributed by atoms with Crippen molar-refractivity contribution in [3.63, 3.8) is 0 Å². The number of hydrogen-bond donors (Lipinski definition) is 2. The summed E-state index contributed by atoms with van der Waals surface area (Å²) in [4.78, 5) is 4.20. The number of nitrogens with two attached hydrogens (primary N) is 1. The van der Waals surface area contributed by atoms with Gasteiger partial charge in [0.05, 0.1) is 17.0 Å². The largest absolute Gasteiger partial charge is 0.358 e. The average Bonchev–Trinajstić information content (AvgIpc) is 2.77. The van der Waals surface area contributed by atoms with E-state index < -0.39 is 0 Å². The molecule has 3 N–H and O–H groups in total. The summed E-state index contributed by atoms with van der Waals surface area (Å²) in [6, 6.07) is 4.07. The van der Waals surface area contributed by atoms with E-state index in [0.717, 1.165) is 34.2 Å². The van der Waals surface area contributed by atoms with Gasteiger partial charge in [-0.1, -0.05) is 26.8 Å². The Morgan fingerprint density at radius 1 is 1.37 bits per heavy atom. The van der Waals surface area contributed by atoms with Crippen molar-refractivity contribution in [3.8, 4) is 0 Å². The number of rotatable bonds is 5. The lowest BCUT2D eigenvalue weighted by molar-refractivity contribution is 0.809.